The molecule has 3 aromatic carbocycles. The Morgan fingerprint density at radius 1 is 1.06 bits per heavy atom. The van der Waals surface area contributed by atoms with Gasteiger partial charge in [-0.3, -0.25) is 9.59 Å². The number of hydrogen-bond acceptors (Lipinski definition) is 4. The molecule has 170 valence electrons. The van der Waals surface area contributed by atoms with Crippen LogP contribution >= 0.6 is 0 Å². The molecule has 0 spiro atoms. The number of nitrogens with zero attached hydrogens (tertiary/aromatic N) is 2. The normalized spacial score (nSPS) is 15.5. The van der Waals surface area contributed by atoms with Gasteiger partial charge in [0.2, 0.25) is 6.17 Å². The maximum absolute atomic E-state index is 14.7. The number of hydrogen-bond donors (Lipinski definition) is 2. The van der Waals surface area contributed by atoms with Crippen molar-refractivity contribution in [3.8, 4) is 5.75 Å². The fraction of sp³-hybridized carbons (Fsp3) is 0.115. The van der Waals surface area contributed by atoms with Crippen molar-refractivity contribution in [1.82, 2.24) is 10.3 Å². The van der Waals surface area contributed by atoms with E-state index in [1.54, 1.807) is 80.9 Å². The molecule has 0 radical (unpaired) electrons. The van der Waals surface area contributed by atoms with Gasteiger partial charge in [0.15, 0.2) is 0 Å². The van der Waals surface area contributed by atoms with Gasteiger partial charge in [-0.05, 0) is 42.5 Å². The lowest BCUT2D eigenvalue weighted by Gasteiger charge is -2.20. The average molecular weight is 456 g/mol. The number of carbonyl (C=O) groups excluding carboxylic acids is 2. The number of amides is 2. The number of fused-ring (bicyclic) bond motifs is 2. The van der Waals surface area contributed by atoms with Crippen molar-refractivity contribution in [2.75, 3.05) is 19.1 Å². The van der Waals surface area contributed by atoms with Crippen LogP contribution in [0.4, 0.5) is 10.1 Å². The van der Waals surface area contributed by atoms with Crippen LogP contribution in [0.3, 0.4) is 0 Å². The molecule has 8 heteroatoms. The van der Waals surface area contributed by atoms with E-state index in [0.29, 0.717) is 17.0 Å². The number of likely N-dealkylation sites (N-methyl/N-ethyl adjacent to an activating group) is 1. The number of rotatable bonds is 4. The second-order valence-corrected chi connectivity index (χ2v) is 7.88. The lowest BCUT2D eigenvalue weighted by molar-refractivity contribution is -0.119. The first-order valence-electron chi connectivity index (χ1n) is 10.6. The Bertz CT molecular complexity index is 1460. The maximum atomic E-state index is 14.7. The largest absolute Gasteiger partial charge is 0.497 e. The molecule has 1 aliphatic rings. The fourth-order valence-electron chi connectivity index (χ4n) is 4.05. The van der Waals surface area contributed by atoms with Crippen LogP contribution in [0.15, 0.2) is 77.8 Å². The quantitative estimate of drug-likeness (QED) is 0.489. The van der Waals surface area contributed by atoms with E-state index >= 15 is 0 Å². The highest BCUT2D eigenvalue weighted by atomic mass is 19.1. The third kappa shape index (κ3) is 3.69. The zero-order valence-electron chi connectivity index (χ0n) is 18.5. The molecule has 1 aliphatic heterocycles. The Morgan fingerprint density at radius 3 is 2.56 bits per heavy atom. The van der Waals surface area contributed by atoms with E-state index in [0.717, 1.165) is 10.9 Å². The number of ether oxygens (including phenoxy) is 1. The van der Waals surface area contributed by atoms with E-state index in [1.165, 1.54) is 11.0 Å². The first-order chi connectivity index (χ1) is 16.5. The molecule has 7 nitrogen and oxygen atoms in total. The molecule has 1 atom stereocenters. The van der Waals surface area contributed by atoms with Crippen LogP contribution in [0.1, 0.15) is 21.6 Å². The standard InChI is InChI=1S/C26H21FN4O3/c1-31-22-10-6-4-8-18(22)23(17-7-3-5-9-19(17)27)29-24(26(31)33)30-25(32)21-14-15-13-16(34-2)11-12-20(15)28-21/h3-14,24,28H,1-2H3,(H,30,32). The summed E-state index contributed by atoms with van der Waals surface area (Å²) in [4.78, 5) is 35.4. The average Bonchev–Trinajstić information content (AvgIpc) is 3.26. The third-order valence-electron chi connectivity index (χ3n) is 5.81. The zero-order chi connectivity index (χ0) is 23.8. The molecule has 0 fully saturated rings. The van der Waals surface area contributed by atoms with Crippen molar-refractivity contribution in [2.24, 2.45) is 4.99 Å². The van der Waals surface area contributed by atoms with E-state index in [4.69, 9.17) is 4.74 Å². The molecule has 0 aliphatic carbocycles. The minimum Gasteiger partial charge on any atom is -0.497 e. The lowest BCUT2D eigenvalue weighted by Crippen LogP contribution is -2.46. The Labute approximate surface area is 194 Å². The second kappa shape index (κ2) is 8.47. The van der Waals surface area contributed by atoms with Crippen LogP contribution in [0.5, 0.6) is 5.75 Å². The number of halogens is 1. The lowest BCUT2D eigenvalue weighted by atomic mass is 10.00. The van der Waals surface area contributed by atoms with Gasteiger partial charge >= 0.3 is 0 Å². The van der Waals surface area contributed by atoms with Crippen LogP contribution in [-0.4, -0.2) is 42.8 Å². The summed E-state index contributed by atoms with van der Waals surface area (Å²) in [6.45, 7) is 0. The monoisotopic (exact) mass is 456 g/mol. The van der Waals surface area contributed by atoms with Crippen molar-refractivity contribution in [3.63, 3.8) is 0 Å². The molecule has 34 heavy (non-hydrogen) atoms. The van der Waals surface area contributed by atoms with Crippen LogP contribution in [0.2, 0.25) is 0 Å². The van der Waals surface area contributed by atoms with E-state index < -0.39 is 23.8 Å². The topological polar surface area (TPSA) is 86.8 Å². The van der Waals surface area contributed by atoms with Gasteiger partial charge in [0.25, 0.3) is 11.8 Å². The number of aromatic nitrogens is 1. The fourth-order valence-corrected chi connectivity index (χ4v) is 4.05. The molecular weight excluding hydrogens is 435 g/mol. The molecular formula is C26H21FN4O3. The Balaban J connectivity index is 1.55. The number of nitrogens with one attached hydrogen (secondary N) is 2. The molecule has 1 unspecified atom stereocenters. The predicted molar refractivity (Wildman–Crippen MR) is 128 cm³/mol. The van der Waals surface area contributed by atoms with Gasteiger partial charge in [-0.2, -0.15) is 0 Å². The van der Waals surface area contributed by atoms with E-state index in [2.05, 4.69) is 15.3 Å². The first kappa shape index (κ1) is 21.4. The van der Waals surface area contributed by atoms with Gasteiger partial charge < -0.3 is 19.9 Å². The summed E-state index contributed by atoms with van der Waals surface area (Å²) >= 11 is 0. The molecule has 0 bridgehead atoms. The van der Waals surface area contributed by atoms with Gasteiger partial charge in [-0.25, -0.2) is 9.38 Å². The molecule has 1 aromatic heterocycles. The molecule has 0 saturated heterocycles. The molecule has 5 rings (SSSR count). The summed E-state index contributed by atoms with van der Waals surface area (Å²) in [6.07, 6.45) is -1.25. The van der Waals surface area contributed by atoms with Crippen LogP contribution in [0.25, 0.3) is 10.9 Å². The first-order valence-corrected chi connectivity index (χ1v) is 10.6. The minimum absolute atomic E-state index is 0.245. The summed E-state index contributed by atoms with van der Waals surface area (Å²) < 4.78 is 20.0. The molecule has 4 aromatic rings. The molecule has 2 amide bonds. The maximum Gasteiger partial charge on any atom is 0.272 e. The Kier molecular flexibility index (Phi) is 5.33. The molecule has 2 heterocycles. The summed E-state index contributed by atoms with van der Waals surface area (Å²) in [5, 5.41) is 3.49. The number of aromatic amines is 1. The highest BCUT2D eigenvalue weighted by molar-refractivity contribution is 6.20. The number of methoxy groups -OCH3 is 1. The number of H-pyrrole nitrogens is 1. The van der Waals surface area contributed by atoms with Gasteiger partial charge in [-0.15, -0.1) is 0 Å². The minimum atomic E-state index is -1.25. The summed E-state index contributed by atoms with van der Waals surface area (Å²) in [5.74, 6) is -0.756. The van der Waals surface area contributed by atoms with Crippen LogP contribution in [-0.2, 0) is 4.79 Å². The van der Waals surface area contributed by atoms with E-state index in [9.17, 15) is 14.0 Å². The number of para-hydroxylation sites is 1. The van der Waals surface area contributed by atoms with Crippen molar-refractivity contribution in [1.29, 1.82) is 0 Å². The number of benzodiazepines with no additional fused rings is 1. The number of carbonyl (C=O) groups is 2. The molecule has 2 N–H and O–H groups in total. The predicted octanol–water partition coefficient (Wildman–Crippen LogP) is 3.89. The number of aliphatic imine (C=N–C) groups is 1. The summed E-state index contributed by atoms with van der Waals surface area (Å²) in [6, 6.07) is 20.4. The highest BCUT2D eigenvalue weighted by Crippen LogP contribution is 2.28. The van der Waals surface area contributed by atoms with E-state index in [1.807, 2.05) is 0 Å². The van der Waals surface area contributed by atoms with Gasteiger partial charge in [0, 0.05) is 29.1 Å². The molecule has 0 saturated carbocycles. The summed E-state index contributed by atoms with van der Waals surface area (Å²) in [7, 11) is 3.17. The smallest absolute Gasteiger partial charge is 0.272 e. The Hall–Kier alpha value is -4.46. The summed E-state index contributed by atoms with van der Waals surface area (Å²) in [5.41, 5.74) is 2.72. The van der Waals surface area contributed by atoms with Crippen molar-refractivity contribution >= 4 is 34.1 Å². The van der Waals surface area contributed by atoms with E-state index in [-0.39, 0.29) is 17.0 Å². The van der Waals surface area contributed by atoms with Crippen molar-refractivity contribution in [2.45, 2.75) is 6.17 Å². The second-order valence-electron chi connectivity index (χ2n) is 7.88. The third-order valence-corrected chi connectivity index (χ3v) is 5.81. The highest BCUT2D eigenvalue weighted by Gasteiger charge is 2.32. The Morgan fingerprint density at radius 2 is 1.79 bits per heavy atom. The van der Waals surface area contributed by atoms with Crippen LogP contribution < -0.4 is 15.0 Å². The number of benzene rings is 3. The number of anilines is 1. The van der Waals surface area contributed by atoms with Gasteiger partial charge in [0.05, 0.1) is 18.5 Å². The zero-order valence-corrected chi connectivity index (χ0v) is 18.5. The van der Waals surface area contributed by atoms with Crippen LogP contribution in [0, 0.1) is 5.82 Å². The van der Waals surface area contributed by atoms with Gasteiger partial charge in [-0.1, -0.05) is 30.3 Å². The van der Waals surface area contributed by atoms with Gasteiger partial charge in [0.1, 0.15) is 17.3 Å². The van der Waals surface area contributed by atoms with Crippen molar-refractivity contribution < 1.29 is 18.7 Å². The SMILES string of the molecule is COc1ccc2[nH]c(C(=O)NC3N=C(c4ccccc4F)c4ccccc4N(C)C3=O)cc2c1. The van der Waals surface area contributed by atoms with Crippen molar-refractivity contribution in [3.05, 3.63) is 95.4 Å².